The molecule has 0 saturated heterocycles. The number of hydrogen-bond donors (Lipinski definition) is 2. The number of aromatic nitrogens is 2. The Morgan fingerprint density at radius 1 is 1.38 bits per heavy atom. The van der Waals surface area contributed by atoms with E-state index in [0.29, 0.717) is 17.0 Å². The van der Waals surface area contributed by atoms with Crippen LogP contribution in [0.15, 0.2) is 30.3 Å². The Morgan fingerprint density at radius 2 is 2.17 bits per heavy atom. The van der Waals surface area contributed by atoms with Gasteiger partial charge in [0.05, 0.1) is 28.7 Å². The van der Waals surface area contributed by atoms with Crippen molar-refractivity contribution in [3.63, 3.8) is 0 Å². The first-order valence-electron chi connectivity index (χ1n) is 7.17. The average molecular weight is 340 g/mol. The van der Waals surface area contributed by atoms with E-state index in [1.54, 1.807) is 18.2 Å². The molecule has 0 unspecified atom stereocenters. The zero-order valence-corrected chi connectivity index (χ0v) is 13.8. The number of nitrogens with zero attached hydrogens (tertiary/aromatic N) is 2. The van der Waals surface area contributed by atoms with Gasteiger partial charge in [-0.05, 0) is 48.4 Å². The lowest BCUT2D eigenvalue weighted by Crippen LogP contribution is -1.88. The van der Waals surface area contributed by atoms with E-state index in [9.17, 15) is 10.4 Å². The molecule has 3 rings (SSSR count). The van der Waals surface area contributed by atoms with E-state index in [2.05, 4.69) is 16.0 Å². The summed E-state index contributed by atoms with van der Waals surface area (Å²) in [5.41, 5.74) is 3.75. The maximum atomic E-state index is 9.79. The molecule has 24 heavy (non-hydrogen) atoms. The molecule has 0 fully saturated rings. The van der Waals surface area contributed by atoms with Gasteiger partial charge in [-0.25, -0.2) is 4.98 Å². The Bertz CT molecular complexity index is 999. The van der Waals surface area contributed by atoms with E-state index in [1.807, 2.05) is 25.1 Å². The number of H-pyrrole nitrogens is 1. The lowest BCUT2D eigenvalue weighted by molar-refractivity contribution is 0.373. The maximum Gasteiger partial charge on any atom is 0.176 e. The van der Waals surface area contributed by atoms with E-state index < -0.39 is 0 Å². The van der Waals surface area contributed by atoms with Gasteiger partial charge in [-0.1, -0.05) is 17.7 Å². The van der Waals surface area contributed by atoms with Crippen molar-refractivity contribution < 1.29 is 9.84 Å². The number of aromatic amines is 1. The predicted octanol–water partition coefficient (Wildman–Crippen LogP) is 4.30. The van der Waals surface area contributed by atoms with Crippen molar-refractivity contribution in [1.29, 1.82) is 5.26 Å². The lowest BCUT2D eigenvalue weighted by atomic mass is 10.1. The van der Waals surface area contributed by atoms with E-state index in [-0.39, 0.29) is 16.5 Å². The molecule has 0 aliphatic heterocycles. The Morgan fingerprint density at radius 3 is 2.88 bits per heavy atom. The number of methoxy groups -OCH3 is 1. The molecule has 0 aliphatic carbocycles. The van der Waals surface area contributed by atoms with Crippen molar-refractivity contribution in [3.05, 3.63) is 52.3 Å². The highest BCUT2D eigenvalue weighted by Crippen LogP contribution is 2.36. The number of hydrogen-bond acceptors (Lipinski definition) is 4. The van der Waals surface area contributed by atoms with Gasteiger partial charge in [0.25, 0.3) is 0 Å². The number of aromatic hydroxyl groups is 1. The van der Waals surface area contributed by atoms with Crippen LogP contribution in [0.25, 0.3) is 22.7 Å². The van der Waals surface area contributed by atoms with Crippen molar-refractivity contribution in [1.82, 2.24) is 9.97 Å². The molecule has 6 heteroatoms. The molecule has 1 heterocycles. The molecule has 2 N–H and O–H groups in total. The third kappa shape index (κ3) is 2.92. The largest absolute Gasteiger partial charge is 0.503 e. The minimum absolute atomic E-state index is 0.131. The second-order valence-electron chi connectivity index (χ2n) is 5.33. The van der Waals surface area contributed by atoms with Gasteiger partial charge in [-0.15, -0.1) is 0 Å². The normalized spacial score (nSPS) is 11.5. The first-order valence-corrected chi connectivity index (χ1v) is 7.54. The highest BCUT2D eigenvalue weighted by Gasteiger charge is 2.11. The third-order valence-electron chi connectivity index (χ3n) is 3.59. The number of allylic oxidation sites excluding steroid dienone is 1. The second-order valence-corrected chi connectivity index (χ2v) is 5.74. The summed E-state index contributed by atoms with van der Waals surface area (Å²) in [7, 11) is 1.44. The van der Waals surface area contributed by atoms with Crippen molar-refractivity contribution in [2.24, 2.45) is 0 Å². The van der Waals surface area contributed by atoms with Crippen molar-refractivity contribution >= 4 is 34.3 Å². The second kappa shape index (κ2) is 6.26. The summed E-state index contributed by atoms with van der Waals surface area (Å²) >= 11 is 5.99. The van der Waals surface area contributed by atoms with Gasteiger partial charge in [-0.2, -0.15) is 5.26 Å². The first kappa shape index (κ1) is 15.9. The monoisotopic (exact) mass is 339 g/mol. The van der Waals surface area contributed by atoms with Crippen molar-refractivity contribution in [3.8, 4) is 17.6 Å². The topological polar surface area (TPSA) is 81.9 Å². The van der Waals surface area contributed by atoms with Gasteiger partial charge >= 0.3 is 0 Å². The summed E-state index contributed by atoms with van der Waals surface area (Å²) in [6, 6.07) is 11.1. The van der Waals surface area contributed by atoms with E-state index in [1.165, 1.54) is 7.11 Å². The number of nitriles is 1. The summed E-state index contributed by atoms with van der Waals surface area (Å²) in [6.45, 7) is 1.99. The molecular formula is C18H14ClN3O2. The number of benzene rings is 2. The van der Waals surface area contributed by atoms with Gasteiger partial charge < -0.3 is 14.8 Å². The number of ether oxygens (including phenoxy) is 1. The molecule has 0 amide bonds. The molecule has 0 atom stereocenters. The Balaban J connectivity index is 2.09. The molecule has 1 aromatic heterocycles. The summed E-state index contributed by atoms with van der Waals surface area (Å²) < 4.78 is 5.08. The van der Waals surface area contributed by atoms with Crippen LogP contribution in [0.4, 0.5) is 0 Å². The van der Waals surface area contributed by atoms with Gasteiger partial charge in [0.15, 0.2) is 11.5 Å². The quantitative estimate of drug-likeness (QED) is 0.697. The molecule has 120 valence electrons. The molecule has 5 nitrogen and oxygen atoms in total. The van der Waals surface area contributed by atoms with Gasteiger partial charge in [-0.3, -0.25) is 0 Å². The fourth-order valence-corrected chi connectivity index (χ4v) is 2.62. The van der Waals surface area contributed by atoms with Crippen LogP contribution in [0.5, 0.6) is 11.5 Å². The summed E-state index contributed by atoms with van der Waals surface area (Å²) in [4.78, 5) is 7.59. The van der Waals surface area contributed by atoms with Crippen LogP contribution in [-0.4, -0.2) is 22.2 Å². The number of imidazole rings is 1. The predicted molar refractivity (Wildman–Crippen MR) is 94.0 cm³/mol. The van der Waals surface area contributed by atoms with E-state index >= 15 is 0 Å². The highest BCUT2D eigenvalue weighted by atomic mass is 35.5. The first-order chi connectivity index (χ1) is 11.5. The third-order valence-corrected chi connectivity index (χ3v) is 3.88. The summed E-state index contributed by atoms with van der Waals surface area (Å²) in [5, 5.41) is 19.4. The molecular weight excluding hydrogens is 326 g/mol. The fourth-order valence-electron chi connectivity index (χ4n) is 2.40. The number of rotatable bonds is 3. The summed E-state index contributed by atoms with van der Waals surface area (Å²) in [6.07, 6.45) is 1.64. The average Bonchev–Trinajstić information content (AvgIpc) is 2.98. The SMILES string of the molecule is COc1cc(/C=C(\C#N)c2nc3ccc(C)cc3[nH]2)cc(Cl)c1O. The van der Waals surface area contributed by atoms with E-state index in [4.69, 9.17) is 16.3 Å². The van der Waals surface area contributed by atoms with Crippen LogP contribution >= 0.6 is 11.6 Å². The zero-order valence-electron chi connectivity index (χ0n) is 13.1. The van der Waals surface area contributed by atoms with Crippen molar-refractivity contribution in [2.45, 2.75) is 6.92 Å². The molecule has 0 aliphatic rings. The van der Waals surface area contributed by atoms with Crippen LogP contribution in [0.2, 0.25) is 5.02 Å². The molecule has 0 spiro atoms. The Kier molecular flexibility index (Phi) is 4.15. The molecule has 2 aromatic carbocycles. The molecule has 0 radical (unpaired) electrons. The zero-order chi connectivity index (χ0) is 17.3. The number of phenolic OH excluding ortho intramolecular Hbond substituents is 1. The fraction of sp³-hybridized carbons (Fsp3) is 0.111. The molecule has 0 bridgehead atoms. The highest BCUT2D eigenvalue weighted by molar-refractivity contribution is 6.32. The summed E-state index contributed by atoms with van der Waals surface area (Å²) in [5.74, 6) is 0.585. The van der Waals surface area contributed by atoms with Crippen LogP contribution in [0.3, 0.4) is 0 Å². The van der Waals surface area contributed by atoms with Crippen molar-refractivity contribution in [2.75, 3.05) is 7.11 Å². The smallest absolute Gasteiger partial charge is 0.176 e. The molecule has 3 aromatic rings. The van der Waals surface area contributed by atoms with Crippen LogP contribution in [0.1, 0.15) is 17.0 Å². The Labute approximate surface area is 143 Å². The Hall–Kier alpha value is -2.97. The van der Waals surface area contributed by atoms with Crippen LogP contribution in [0, 0.1) is 18.3 Å². The van der Waals surface area contributed by atoms with Crippen LogP contribution in [-0.2, 0) is 0 Å². The van der Waals surface area contributed by atoms with Crippen LogP contribution < -0.4 is 4.74 Å². The van der Waals surface area contributed by atoms with Gasteiger partial charge in [0, 0.05) is 0 Å². The number of aryl methyl sites for hydroxylation is 1. The number of phenols is 1. The van der Waals surface area contributed by atoms with Gasteiger partial charge in [0.1, 0.15) is 11.9 Å². The number of halogens is 1. The van der Waals surface area contributed by atoms with E-state index in [0.717, 1.165) is 16.6 Å². The number of nitrogens with one attached hydrogen (secondary N) is 1. The number of fused-ring (bicyclic) bond motifs is 1. The minimum atomic E-state index is -0.131. The lowest BCUT2D eigenvalue weighted by Gasteiger charge is -2.06. The minimum Gasteiger partial charge on any atom is -0.503 e. The standard InChI is InChI=1S/C18H14ClN3O2/c1-10-3-4-14-15(5-10)22-18(21-14)12(9-20)6-11-7-13(19)17(23)16(8-11)24-2/h3-8,23H,1-2H3,(H,21,22)/b12-6+. The maximum absolute atomic E-state index is 9.79. The molecule has 0 saturated carbocycles. The van der Waals surface area contributed by atoms with Gasteiger partial charge in [0.2, 0.25) is 0 Å².